The molecule has 3 aromatic carbocycles. The summed E-state index contributed by atoms with van der Waals surface area (Å²) in [5, 5.41) is 0.784. The lowest BCUT2D eigenvalue weighted by atomic mass is 10.0. The van der Waals surface area contributed by atoms with Gasteiger partial charge in [-0.05, 0) is 23.6 Å². The van der Waals surface area contributed by atoms with Gasteiger partial charge in [-0.1, -0.05) is 24.3 Å². The third-order valence-corrected chi connectivity index (χ3v) is 2.87. The lowest BCUT2D eigenvalue weighted by Crippen LogP contribution is -1.89. The summed E-state index contributed by atoms with van der Waals surface area (Å²) in [6, 6.07) is 9.57. The van der Waals surface area contributed by atoms with Crippen LogP contribution in [-0.4, -0.2) is 0 Å². The summed E-state index contributed by atoms with van der Waals surface area (Å²) >= 11 is 0. The second-order valence-corrected chi connectivity index (χ2v) is 3.86. The molecule has 0 aromatic heterocycles. The van der Waals surface area contributed by atoms with Gasteiger partial charge >= 0.3 is 0 Å². The van der Waals surface area contributed by atoms with Gasteiger partial charge in [-0.2, -0.15) is 0 Å². The fraction of sp³-hybridized carbons (Fsp3) is 0. The average molecular weight is 232 g/mol. The highest BCUT2D eigenvalue weighted by atomic mass is 19.1. The molecular formula is C14H7F3. The summed E-state index contributed by atoms with van der Waals surface area (Å²) in [7, 11) is 0. The highest BCUT2D eigenvalue weighted by Crippen LogP contribution is 2.31. The molecule has 0 N–H and O–H groups in total. The zero-order valence-electron chi connectivity index (χ0n) is 8.68. The van der Waals surface area contributed by atoms with Gasteiger partial charge in [-0.15, -0.1) is 0 Å². The van der Waals surface area contributed by atoms with Crippen molar-refractivity contribution in [2.24, 2.45) is 0 Å². The molecule has 0 unspecified atom stereocenters. The predicted molar refractivity (Wildman–Crippen MR) is 61.3 cm³/mol. The summed E-state index contributed by atoms with van der Waals surface area (Å²) < 4.78 is 41.0. The van der Waals surface area contributed by atoms with E-state index in [4.69, 9.17) is 0 Å². The van der Waals surface area contributed by atoms with Crippen molar-refractivity contribution in [2.75, 3.05) is 0 Å². The van der Waals surface area contributed by atoms with Crippen LogP contribution in [0.4, 0.5) is 13.2 Å². The minimum Gasteiger partial charge on any atom is -0.206 e. The van der Waals surface area contributed by atoms with E-state index < -0.39 is 17.5 Å². The Hall–Kier alpha value is -2.03. The van der Waals surface area contributed by atoms with Crippen LogP contribution < -0.4 is 0 Å². The van der Waals surface area contributed by atoms with Crippen LogP contribution >= 0.6 is 0 Å². The Morgan fingerprint density at radius 3 is 2.00 bits per heavy atom. The summed E-state index contributed by atoms with van der Waals surface area (Å²) in [5.74, 6) is -1.71. The van der Waals surface area contributed by atoms with Crippen LogP contribution in [0.3, 0.4) is 0 Å². The van der Waals surface area contributed by atoms with Crippen molar-refractivity contribution in [3.05, 3.63) is 59.9 Å². The minimum absolute atomic E-state index is 0.0267. The van der Waals surface area contributed by atoms with Crippen LogP contribution in [-0.2, 0) is 0 Å². The minimum atomic E-state index is -0.619. The van der Waals surface area contributed by atoms with Gasteiger partial charge in [0.15, 0.2) is 0 Å². The van der Waals surface area contributed by atoms with E-state index in [9.17, 15) is 13.2 Å². The molecule has 0 fully saturated rings. The van der Waals surface area contributed by atoms with Crippen LogP contribution in [0.1, 0.15) is 0 Å². The van der Waals surface area contributed by atoms with E-state index in [2.05, 4.69) is 0 Å². The molecule has 0 spiro atoms. The topological polar surface area (TPSA) is 0 Å². The molecule has 0 aliphatic heterocycles. The van der Waals surface area contributed by atoms with E-state index in [1.165, 1.54) is 0 Å². The molecule has 3 rings (SSSR count). The molecule has 17 heavy (non-hydrogen) atoms. The Bertz CT molecular complexity index is 732. The molecule has 0 atom stereocenters. The summed E-state index contributed by atoms with van der Waals surface area (Å²) in [6.45, 7) is 0. The van der Waals surface area contributed by atoms with Crippen LogP contribution in [0.5, 0.6) is 0 Å². The highest BCUT2D eigenvalue weighted by Gasteiger charge is 2.12. The monoisotopic (exact) mass is 232 g/mol. The maximum absolute atomic E-state index is 13.7. The van der Waals surface area contributed by atoms with E-state index in [0.717, 1.165) is 18.2 Å². The highest BCUT2D eigenvalue weighted by molar-refractivity contribution is 6.08. The van der Waals surface area contributed by atoms with E-state index in [-0.39, 0.29) is 10.8 Å². The molecule has 3 aromatic rings. The molecule has 0 radical (unpaired) electrons. The summed E-state index contributed by atoms with van der Waals surface area (Å²) in [5.41, 5.74) is 0. The largest absolute Gasteiger partial charge is 0.206 e. The lowest BCUT2D eigenvalue weighted by molar-refractivity contribution is 0.614. The number of hydrogen-bond donors (Lipinski definition) is 0. The zero-order chi connectivity index (χ0) is 12.0. The smallest absolute Gasteiger partial charge is 0.131 e. The molecule has 0 aliphatic rings. The first kappa shape index (κ1) is 10.1. The van der Waals surface area contributed by atoms with E-state index in [0.29, 0.717) is 10.8 Å². The number of fused-ring (bicyclic) bond motifs is 3. The molecule has 0 nitrogen and oxygen atoms in total. The normalized spacial score (nSPS) is 11.2. The van der Waals surface area contributed by atoms with Crippen molar-refractivity contribution < 1.29 is 13.2 Å². The summed E-state index contributed by atoms with van der Waals surface area (Å²) in [6.07, 6.45) is 0. The second-order valence-electron chi connectivity index (χ2n) is 3.86. The first-order valence-corrected chi connectivity index (χ1v) is 5.13. The maximum Gasteiger partial charge on any atom is 0.131 e. The van der Waals surface area contributed by atoms with Gasteiger partial charge < -0.3 is 0 Å². The van der Waals surface area contributed by atoms with Gasteiger partial charge in [-0.25, -0.2) is 13.2 Å². The van der Waals surface area contributed by atoms with Gasteiger partial charge in [0.1, 0.15) is 17.5 Å². The van der Waals surface area contributed by atoms with E-state index in [1.54, 1.807) is 24.3 Å². The van der Waals surface area contributed by atoms with Crippen molar-refractivity contribution in [3.63, 3.8) is 0 Å². The zero-order valence-corrected chi connectivity index (χ0v) is 8.68. The Balaban J connectivity index is 2.68. The SMILES string of the molecule is Fc1cc2c(F)ccc(F)c2c2ccccc12. The van der Waals surface area contributed by atoms with Crippen molar-refractivity contribution in [3.8, 4) is 0 Å². The van der Waals surface area contributed by atoms with Crippen LogP contribution in [0.2, 0.25) is 0 Å². The molecule has 84 valence electrons. The number of benzene rings is 3. The van der Waals surface area contributed by atoms with Crippen molar-refractivity contribution in [1.29, 1.82) is 0 Å². The molecule has 0 heterocycles. The van der Waals surface area contributed by atoms with E-state index >= 15 is 0 Å². The number of rotatable bonds is 0. The molecule has 0 saturated carbocycles. The van der Waals surface area contributed by atoms with Gasteiger partial charge in [0.2, 0.25) is 0 Å². The molecule has 3 heteroatoms. The van der Waals surface area contributed by atoms with Crippen LogP contribution in [0, 0.1) is 17.5 Å². The van der Waals surface area contributed by atoms with E-state index in [1.807, 2.05) is 0 Å². The van der Waals surface area contributed by atoms with Gasteiger partial charge in [0.05, 0.1) is 0 Å². The molecular weight excluding hydrogens is 225 g/mol. The maximum atomic E-state index is 13.7. The first-order valence-electron chi connectivity index (χ1n) is 5.13. The third kappa shape index (κ3) is 1.39. The first-order chi connectivity index (χ1) is 8.18. The predicted octanol–water partition coefficient (Wildman–Crippen LogP) is 4.41. The molecule has 0 bridgehead atoms. The van der Waals surface area contributed by atoms with Gasteiger partial charge in [0.25, 0.3) is 0 Å². The lowest BCUT2D eigenvalue weighted by Gasteiger charge is -2.07. The third-order valence-electron chi connectivity index (χ3n) is 2.87. The number of hydrogen-bond acceptors (Lipinski definition) is 0. The molecule has 0 aliphatic carbocycles. The quantitative estimate of drug-likeness (QED) is 0.503. The van der Waals surface area contributed by atoms with Crippen molar-refractivity contribution >= 4 is 21.5 Å². The number of halogens is 3. The average Bonchev–Trinajstić information content (AvgIpc) is 2.34. The second kappa shape index (κ2) is 3.48. The Morgan fingerprint density at radius 1 is 0.588 bits per heavy atom. The van der Waals surface area contributed by atoms with Crippen molar-refractivity contribution in [1.82, 2.24) is 0 Å². The fourth-order valence-electron chi connectivity index (χ4n) is 2.10. The summed E-state index contributed by atoms with van der Waals surface area (Å²) in [4.78, 5) is 0. The molecule has 0 saturated heterocycles. The Morgan fingerprint density at radius 2 is 1.24 bits per heavy atom. The van der Waals surface area contributed by atoms with Crippen molar-refractivity contribution in [2.45, 2.75) is 0 Å². The Labute approximate surface area is 95.3 Å². The Kier molecular flexibility index (Phi) is 2.08. The van der Waals surface area contributed by atoms with Crippen LogP contribution in [0.15, 0.2) is 42.5 Å². The fourth-order valence-corrected chi connectivity index (χ4v) is 2.10. The molecule has 0 amide bonds. The standard InChI is InChI=1S/C14H7F3/c15-11-5-6-12(16)14-9-4-2-1-3-8(9)13(17)7-10(11)14/h1-7H. The van der Waals surface area contributed by atoms with Gasteiger partial charge in [0, 0.05) is 16.2 Å². The van der Waals surface area contributed by atoms with Crippen LogP contribution in [0.25, 0.3) is 21.5 Å². The van der Waals surface area contributed by atoms with Gasteiger partial charge in [-0.3, -0.25) is 0 Å².